The minimum atomic E-state index is -1.02. The first-order valence-electron chi connectivity index (χ1n) is 17.3. The molecule has 0 radical (unpaired) electrons. The first-order valence-corrected chi connectivity index (χ1v) is 17.3. The van der Waals surface area contributed by atoms with Crippen molar-refractivity contribution in [1.82, 2.24) is 0 Å². The summed E-state index contributed by atoms with van der Waals surface area (Å²) in [5.74, 6) is -0.486. The molecule has 3 aliphatic heterocycles. The third kappa shape index (κ3) is 8.27. The van der Waals surface area contributed by atoms with E-state index in [0.717, 1.165) is 11.1 Å². The van der Waals surface area contributed by atoms with E-state index in [-0.39, 0.29) is 54.5 Å². The number of hydrogen-bond acceptors (Lipinski definition) is 9. The number of hydrogen-bond donors (Lipinski definition) is 1. The molecule has 0 spiro atoms. The van der Waals surface area contributed by atoms with Crippen molar-refractivity contribution < 1.29 is 43.1 Å². The van der Waals surface area contributed by atoms with Crippen LogP contribution >= 0.6 is 0 Å². The second-order valence-corrected chi connectivity index (χ2v) is 14.0. The molecule has 6 unspecified atom stereocenters. The molecule has 2 aromatic rings. The van der Waals surface area contributed by atoms with E-state index >= 15 is 0 Å². The Morgan fingerprint density at radius 3 is 1.74 bits per heavy atom. The Morgan fingerprint density at radius 2 is 1.13 bits per heavy atom. The van der Waals surface area contributed by atoms with Crippen LogP contribution < -0.4 is 0 Å². The summed E-state index contributed by atoms with van der Waals surface area (Å²) < 4.78 is 44.7. The van der Waals surface area contributed by atoms with Gasteiger partial charge < -0.3 is 38.3 Å². The molecule has 0 amide bonds. The highest BCUT2D eigenvalue weighted by atomic mass is 16.8. The van der Waals surface area contributed by atoms with Crippen LogP contribution in [0.2, 0.25) is 0 Å². The molecule has 3 aliphatic rings. The Morgan fingerprint density at radius 1 is 0.596 bits per heavy atom. The maximum absolute atomic E-state index is 13.7. The Balaban J connectivity index is 1.39. The molecule has 3 heterocycles. The van der Waals surface area contributed by atoms with Gasteiger partial charge in [-0.25, -0.2) is 4.79 Å². The minimum Gasteiger partial charge on any atom is -0.459 e. The normalized spacial score (nSPS) is 40.9. The van der Waals surface area contributed by atoms with Crippen LogP contribution in [0.1, 0.15) is 66.5 Å². The van der Waals surface area contributed by atoms with Gasteiger partial charge in [-0.3, -0.25) is 0 Å². The first kappa shape index (κ1) is 35.9. The number of ether oxygens (including phenoxy) is 7. The van der Waals surface area contributed by atoms with Gasteiger partial charge in [0.2, 0.25) is 0 Å². The van der Waals surface area contributed by atoms with Crippen molar-refractivity contribution in [3.63, 3.8) is 0 Å². The number of rotatable bonds is 10. The predicted molar refractivity (Wildman–Crippen MR) is 176 cm³/mol. The Kier molecular flexibility index (Phi) is 12.1. The summed E-state index contributed by atoms with van der Waals surface area (Å²) >= 11 is 0. The summed E-state index contributed by atoms with van der Waals surface area (Å²) in [6.07, 6.45) is -5.89. The molecule has 9 heteroatoms. The highest BCUT2D eigenvalue weighted by molar-refractivity contribution is 5.75. The number of carbonyl (C=O) groups is 1. The number of aliphatic hydroxyl groups excluding tert-OH is 1. The van der Waals surface area contributed by atoms with Gasteiger partial charge in [-0.15, -0.1) is 0 Å². The van der Waals surface area contributed by atoms with Gasteiger partial charge >= 0.3 is 5.97 Å². The average Bonchev–Trinajstić information content (AvgIpc) is 3.07. The summed E-state index contributed by atoms with van der Waals surface area (Å²) in [4.78, 5) is 13.7. The molecule has 2 aromatic carbocycles. The van der Waals surface area contributed by atoms with Crippen molar-refractivity contribution in [3.8, 4) is 0 Å². The fraction of sp³-hybridized carbons (Fsp3) is 0.658. The van der Waals surface area contributed by atoms with Crippen LogP contribution in [-0.2, 0) is 51.2 Å². The molecule has 47 heavy (non-hydrogen) atoms. The van der Waals surface area contributed by atoms with Crippen molar-refractivity contribution in [3.05, 3.63) is 71.8 Å². The zero-order valence-electron chi connectivity index (χ0n) is 29.1. The van der Waals surface area contributed by atoms with Gasteiger partial charge in [0.25, 0.3) is 0 Å². The van der Waals surface area contributed by atoms with E-state index in [1.807, 2.05) is 95.3 Å². The van der Waals surface area contributed by atoms with Gasteiger partial charge in [-0.2, -0.15) is 0 Å². The largest absolute Gasteiger partial charge is 0.459 e. The SMILES string of the molecule is CC1C(O)[C@H](OC2C(C)[C@@H](C)[C@H](C)O[C@H]2O[C@H]2C(C(=O)OCc3ccccc3)O[C@@H](C)C(OCc3ccccc3)[C@H]2C)O[C@@H](C)[C@@H]1C. The number of esters is 1. The second kappa shape index (κ2) is 15.9. The second-order valence-electron chi connectivity index (χ2n) is 14.0. The topological polar surface area (TPSA) is 102 Å². The molecule has 9 nitrogen and oxygen atoms in total. The van der Waals surface area contributed by atoms with E-state index in [2.05, 4.69) is 20.8 Å². The molecular weight excluding hydrogens is 600 g/mol. The van der Waals surface area contributed by atoms with Crippen LogP contribution in [0.4, 0.5) is 0 Å². The van der Waals surface area contributed by atoms with E-state index in [1.165, 1.54) is 0 Å². The third-order valence-corrected chi connectivity index (χ3v) is 10.9. The quantitative estimate of drug-likeness (QED) is 0.314. The van der Waals surface area contributed by atoms with Gasteiger partial charge in [0.05, 0.1) is 31.0 Å². The first-order chi connectivity index (χ1) is 22.5. The standard InChI is InChI=1S/C38H54O9/c1-21-23(3)31(39)37(44-26(21)6)47-34-24(4)22(2)27(7)45-38(34)46-33-25(5)32(41-19-29-15-11-9-12-16-29)28(8)43-35(33)36(40)42-20-30-17-13-10-14-18-30/h9-18,21-28,31-35,37-39H,19-20H2,1-8H3/t21-,22-,23?,24?,25-,26+,27+,28+,31?,32?,33-,34?,35?,37+,38+/m1/s1. The predicted octanol–water partition coefficient (Wildman–Crippen LogP) is 5.90. The highest BCUT2D eigenvalue weighted by Gasteiger charge is 2.52. The summed E-state index contributed by atoms with van der Waals surface area (Å²) in [5.41, 5.74) is 1.92. The van der Waals surface area contributed by atoms with Crippen molar-refractivity contribution in [2.24, 2.45) is 29.6 Å². The molecule has 0 aromatic heterocycles. The van der Waals surface area contributed by atoms with Crippen molar-refractivity contribution >= 4 is 5.97 Å². The van der Waals surface area contributed by atoms with Crippen LogP contribution in [0, 0.1) is 29.6 Å². The lowest BCUT2D eigenvalue weighted by atomic mass is 9.82. The fourth-order valence-corrected chi connectivity index (χ4v) is 7.04. The molecule has 0 bridgehead atoms. The average molecular weight is 655 g/mol. The van der Waals surface area contributed by atoms with Crippen LogP contribution in [-0.4, -0.2) is 72.5 Å². The van der Waals surface area contributed by atoms with E-state index in [9.17, 15) is 9.90 Å². The van der Waals surface area contributed by atoms with Crippen molar-refractivity contribution in [1.29, 1.82) is 0 Å². The maximum atomic E-state index is 13.7. The number of aliphatic hydroxyl groups is 1. The molecule has 260 valence electrons. The highest BCUT2D eigenvalue weighted by Crippen LogP contribution is 2.40. The lowest BCUT2D eigenvalue weighted by molar-refractivity contribution is -0.359. The van der Waals surface area contributed by atoms with E-state index in [0.29, 0.717) is 6.61 Å². The van der Waals surface area contributed by atoms with Crippen molar-refractivity contribution in [2.45, 2.75) is 130 Å². The van der Waals surface area contributed by atoms with Crippen LogP contribution in [0.15, 0.2) is 60.7 Å². The zero-order chi connectivity index (χ0) is 33.8. The van der Waals surface area contributed by atoms with E-state index in [1.54, 1.807) is 0 Å². The summed E-state index contributed by atoms with van der Waals surface area (Å²) in [7, 11) is 0. The van der Waals surface area contributed by atoms with Gasteiger partial charge in [-0.1, -0.05) is 95.3 Å². The Hall–Kier alpha value is -2.37. The minimum absolute atomic E-state index is 0.00291. The lowest BCUT2D eigenvalue weighted by Gasteiger charge is -2.50. The lowest BCUT2D eigenvalue weighted by Crippen LogP contribution is -2.61. The molecule has 0 saturated carbocycles. The molecular formula is C38H54O9. The molecule has 3 fully saturated rings. The maximum Gasteiger partial charge on any atom is 0.338 e. The van der Waals surface area contributed by atoms with Crippen molar-refractivity contribution in [2.75, 3.05) is 0 Å². The summed E-state index contributed by atoms with van der Waals surface area (Å²) in [6.45, 7) is 16.8. The molecule has 0 aliphatic carbocycles. The van der Waals surface area contributed by atoms with Gasteiger partial charge in [0.15, 0.2) is 18.7 Å². The van der Waals surface area contributed by atoms with E-state index in [4.69, 9.17) is 33.2 Å². The molecule has 5 rings (SSSR count). The van der Waals surface area contributed by atoms with Gasteiger partial charge in [-0.05, 0) is 55.6 Å². The summed E-state index contributed by atoms with van der Waals surface area (Å²) in [5, 5.41) is 11.2. The zero-order valence-corrected chi connectivity index (χ0v) is 29.1. The van der Waals surface area contributed by atoms with E-state index < -0.39 is 49.1 Å². The summed E-state index contributed by atoms with van der Waals surface area (Å²) in [6, 6.07) is 19.5. The molecule has 1 N–H and O–H groups in total. The number of carbonyl (C=O) groups excluding carboxylic acids is 1. The number of benzene rings is 2. The molecule has 15 atom stereocenters. The van der Waals surface area contributed by atoms with Crippen LogP contribution in [0.25, 0.3) is 0 Å². The van der Waals surface area contributed by atoms with Crippen LogP contribution in [0.5, 0.6) is 0 Å². The fourth-order valence-electron chi connectivity index (χ4n) is 7.04. The smallest absolute Gasteiger partial charge is 0.338 e. The molecule has 3 saturated heterocycles. The Bertz CT molecular complexity index is 1260. The van der Waals surface area contributed by atoms with Crippen LogP contribution in [0.3, 0.4) is 0 Å². The third-order valence-electron chi connectivity index (χ3n) is 10.9. The monoisotopic (exact) mass is 654 g/mol. The Labute approximate surface area is 280 Å². The van der Waals surface area contributed by atoms with Gasteiger partial charge in [0, 0.05) is 5.92 Å². The van der Waals surface area contributed by atoms with Gasteiger partial charge in [0.1, 0.15) is 24.9 Å².